The minimum Gasteiger partial charge on any atom is -0.357 e. The van der Waals surface area contributed by atoms with Crippen LogP contribution in [0.5, 0.6) is 0 Å². The second kappa shape index (κ2) is 9.02. The summed E-state index contributed by atoms with van der Waals surface area (Å²) in [5, 5.41) is 4.12. The summed E-state index contributed by atoms with van der Waals surface area (Å²) in [7, 11) is -2.85. The molecule has 7 nitrogen and oxygen atoms in total. The first-order valence-electron chi connectivity index (χ1n) is 8.04. The molecular formula is C19H17ClN4O3. The number of anilines is 2. The molecule has 8 heteroatoms. The van der Waals surface area contributed by atoms with Crippen LogP contribution >= 0.6 is 0 Å². The zero-order valence-corrected chi connectivity index (χ0v) is 14.9. The topological polar surface area (TPSA) is 90.7 Å². The van der Waals surface area contributed by atoms with Gasteiger partial charge in [0.05, 0.1) is 10.8 Å². The molecule has 0 spiro atoms. The first-order chi connectivity index (χ1) is 13.2. The average molecular weight is 385 g/mol. The second-order valence-corrected chi connectivity index (χ2v) is 5.78. The molecule has 0 unspecified atom stereocenters. The Kier molecular flexibility index (Phi) is 6.24. The van der Waals surface area contributed by atoms with Crippen LogP contribution in [0.3, 0.4) is 0 Å². The van der Waals surface area contributed by atoms with E-state index in [-0.39, 0.29) is 0 Å². The molecule has 3 aromatic rings. The zero-order valence-electron chi connectivity index (χ0n) is 14.2. The first kappa shape index (κ1) is 18.7. The third-order valence-electron chi connectivity index (χ3n) is 3.70. The van der Waals surface area contributed by atoms with Crippen LogP contribution in [0.15, 0.2) is 91.0 Å². The minimum absolute atomic E-state index is 1.06. The molecule has 4 rings (SSSR count). The maximum absolute atomic E-state index is 8.41. The van der Waals surface area contributed by atoms with Crippen LogP contribution in [0.4, 0.5) is 17.1 Å². The molecule has 1 aliphatic rings. The Morgan fingerprint density at radius 3 is 1.63 bits per heavy atom. The number of nitrogens with one attached hydrogen (secondary N) is 1. The van der Waals surface area contributed by atoms with Crippen LogP contribution in [0.1, 0.15) is 0 Å². The number of hydrazine groups is 3. The van der Waals surface area contributed by atoms with E-state index >= 15 is 0 Å². The number of hydrazone groups is 1. The number of hydrogen-bond acceptors (Lipinski definition) is 6. The number of para-hydroxylation sites is 3. The van der Waals surface area contributed by atoms with Gasteiger partial charge in [0.25, 0.3) is 6.34 Å². The van der Waals surface area contributed by atoms with Crippen LogP contribution in [0.25, 0.3) is 0 Å². The van der Waals surface area contributed by atoms with Gasteiger partial charge in [0.2, 0.25) is 0 Å². The second-order valence-electron chi connectivity index (χ2n) is 5.40. The van der Waals surface area contributed by atoms with Crippen molar-refractivity contribution in [1.29, 1.82) is 0 Å². The predicted octanol–water partition coefficient (Wildman–Crippen LogP) is 0.153. The lowest BCUT2D eigenvalue weighted by Gasteiger charge is -2.26. The SMILES string of the molecule is C1=[N+](c2ccccc2)N(c2ccccc2)N(c2ccccc2)N1.[O-][Cl+2]([O-])[O-]. The molecule has 1 heterocycles. The number of rotatable bonds is 3. The molecular weight excluding hydrogens is 368 g/mol. The van der Waals surface area contributed by atoms with Gasteiger partial charge in [0.15, 0.2) is 5.69 Å². The summed E-state index contributed by atoms with van der Waals surface area (Å²) < 4.78 is 27.3. The summed E-state index contributed by atoms with van der Waals surface area (Å²) in [4.78, 5) is 0. The van der Waals surface area contributed by atoms with Gasteiger partial charge in [0.1, 0.15) is 11.4 Å². The number of hydrogen-bond donors (Lipinski definition) is 1. The van der Waals surface area contributed by atoms with Crippen molar-refractivity contribution in [3.8, 4) is 0 Å². The summed E-state index contributed by atoms with van der Waals surface area (Å²) in [5.74, 6) is 0. The van der Waals surface area contributed by atoms with Gasteiger partial charge in [-0.15, -0.1) is 4.68 Å². The molecule has 0 saturated carbocycles. The molecule has 0 aromatic heterocycles. The van der Waals surface area contributed by atoms with E-state index in [1.165, 1.54) is 0 Å². The molecule has 27 heavy (non-hydrogen) atoms. The lowest BCUT2D eigenvalue weighted by molar-refractivity contribution is -1.73. The van der Waals surface area contributed by atoms with Gasteiger partial charge < -0.3 is 14.0 Å². The first-order valence-corrected chi connectivity index (χ1v) is 8.96. The van der Waals surface area contributed by atoms with Gasteiger partial charge in [-0.25, -0.2) is 0 Å². The van der Waals surface area contributed by atoms with E-state index in [1.807, 2.05) is 66.1 Å². The van der Waals surface area contributed by atoms with Crippen molar-refractivity contribution in [2.45, 2.75) is 0 Å². The Bertz CT molecular complexity index is 861. The van der Waals surface area contributed by atoms with Gasteiger partial charge in [-0.3, -0.25) is 0 Å². The highest BCUT2D eigenvalue weighted by molar-refractivity contribution is 5.66. The monoisotopic (exact) mass is 384 g/mol. The van der Waals surface area contributed by atoms with Crippen molar-refractivity contribution in [2.24, 2.45) is 0 Å². The molecule has 1 N–H and O–H groups in total. The third kappa shape index (κ3) is 4.75. The van der Waals surface area contributed by atoms with E-state index in [2.05, 4.69) is 51.6 Å². The fourth-order valence-corrected chi connectivity index (χ4v) is 2.63. The average Bonchev–Trinajstić information content (AvgIpc) is 3.15. The molecule has 138 valence electrons. The third-order valence-corrected chi connectivity index (χ3v) is 3.70. The molecule has 3 aromatic carbocycles. The molecule has 1 aliphatic heterocycles. The Balaban J connectivity index is 0.000000481. The number of halogens is 1. The summed E-state index contributed by atoms with van der Waals surface area (Å²) in [5.41, 5.74) is 6.55. The Morgan fingerprint density at radius 2 is 1.11 bits per heavy atom. The van der Waals surface area contributed by atoms with Gasteiger partial charge in [-0.1, -0.05) is 64.8 Å². The Morgan fingerprint density at radius 1 is 0.667 bits per heavy atom. The van der Waals surface area contributed by atoms with Crippen LogP contribution in [0, 0.1) is 10.8 Å². The minimum atomic E-state index is -2.85. The summed E-state index contributed by atoms with van der Waals surface area (Å²) >= 11 is 0. The Labute approximate surface area is 160 Å². The van der Waals surface area contributed by atoms with Crippen LogP contribution < -0.4 is 29.6 Å². The number of nitrogens with zero attached hydrogens (tertiary/aromatic N) is 3. The molecule has 0 saturated heterocycles. The van der Waals surface area contributed by atoms with Crippen molar-refractivity contribution in [3.05, 3.63) is 91.0 Å². The van der Waals surface area contributed by atoms with E-state index in [0.717, 1.165) is 17.1 Å². The van der Waals surface area contributed by atoms with Crippen molar-refractivity contribution in [1.82, 2.24) is 5.43 Å². The molecule has 0 amide bonds. The van der Waals surface area contributed by atoms with Crippen molar-refractivity contribution >= 4 is 23.4 Å². The van der Waals surface area contributed by atoms with E-state index in [0.29, 0.717) is 0 Å². The lowest BCUT2D eigenvalue weighted by Crippen LogP contribution is -2.46. The quantitative estimate of drug-likeness (QED) is 0.647. The maximum Gasteiger partial charge on any atom is 0.288 e. The van der Waals surface area contributed by atoms with E-state index in [1.54, 1.807) is 0 Å². The normalized spacial score (nSPS) is 13.0. The maximum atomic E-state index is 8.41. The highest BCUT2D eigenvalue weighted by Gasteiger charge is 2.32. The van der Waals surface area contributed by atoms with Gasteiger partial charge in [-0.2, -0.15) is 5.43 Å². The smallest absolute Gasteiger partial charge is 0.288 e. The van der Waals surface area contributed by atoms with Crippen molar-refractivity contribution < 1.29 is 29.4 Å². The summed E-state index contributed by atoms with van der Waals surface area (Å²) in [6, 6.07) is 30.8. The molecule has 0 aliphatic carbocycles. The van der Waals surface area contributed by atoms with Gasteiger partial charge in [0, 0.05) is 0 Å². The largest absolute Gasteiger partial charge is 0.357 e. The molecule has 0 bridgehead atoms. The van der Waals surface area contributed by atoms with Crippen molar-refractivity contribution in [3.63, 3.8) is 0 Å². The lowest BCUT2D eigenvalue weighted by atomic mass is 10.3. The van der Waals surface area contributed by atoms with Crippen LogP contribution in [-0.4, -0.2) is 11.0 Å². The number of benzene rings is 3. The molecule has 0 fully saturated rings. The molecule has 0 atom stereocenters. The molecule has 0 radical (unpaired) electrons. The van der Waals surface area contributed by atoms with Crippen LogP contribution in [0.2, 0.25) is 0 Å². The van der Waals surface area contributed by atoms with E-state index < -0.39 is 10.8 Å². The van der Waals surface area contributed by atoms with E-state index in [4.69, 9.17) is 14.0 Å². The fraction of sp³-hybridized carbons (Fsp3) is 0. The van der Waals surface area contributed by atoms with Gasteiger partial charge in [-0.05, 0) is 36.4 Å². The van der Waals surface area contributed by atoms with E-state index in [9.17, 15) is 0 Å². The van der Waals surface area contributed by atoms with Crippen molar-refractivity contribution in [2.75, 3.05) is 10.2 Å². The van der Waals surface area contributed by atoms with Crippen LogP contribution in [-0.2, 0) is 0 Å². The highest BCUT2D eigenvalue weighted by Crippen LogP contribution is 2.27. The fourth-order valence-electron chi connectivity index (χ4n) is 2.63. The summed E-state index contributed by atoms with van der Waals surface area (Å²) in [6.45, 7) is 0. The highest BCUT2D eigenvalue weighted by atomic mass is 35.6. The predicted molar refractivity (Wildman–Crippen MR) is 93.4 cm³/mol. The summed E-state index contributed by atoms with van der Waals surface area (Å²) in [6.07, 6.45) is 1.95. The Hall–Kier alpha value is -3.10. The van der Waals surface area contributed by atoms with Gasteiger partial charge >= 0.3 is 0 Å². The zero-order chi connectivity index (χ0) is 19.1. The standard InChI is InChI=1S/C19H16N4.ClO3/c1-4-10-17(11-5-1)21-16-20-22(18-12-6-2-7-13-18)23(21)19-14-8-3-9-15-19;2-1(3)4/h1-16H;/q;-1/p+1.